The van der Waals surface area contributed by atoms with Crippen LogP contribution in [-0.2, 0) is 4.74 Å². The molecule has 30 heavy (non-hydrogen) atoms. The molecule has 0 saturated carbocycles. The number of fused-ring (bicyclic) bond motifs is 2. The van der Waals surface area contributed by atoms with Crippen LogP contribution in [0.2, 0.25) is 0 Å². The molecule has 7 N–H and O–H groups in total. The second-order valence-electron chi connectivity index (χ2n) is 6.87. The molecule has 1 aliphatic rings. The van der Waals surface area contributed by atoms with Crippen molar-refractivity contribution in [3.63, 3.8) is 0 Å². The van der Waals surface area contributed by atoms with E-state index in [1.54, 1.807) is 0 Å². The van der Waals surface area contributed by atoms with E-state index in [0.717, 1.165) is 18.2 Å². The van der Waals surface area contributed by atoms with Gasteiger partial charge in [-0.15, -0.1) is 0 Å². The number of aliphatic hydroxyl groups excluding tert-OH is 4. The first kappa shape index (κ1) is 20.2. The van der Waals surface area contributed by atoms with E-state index in [9.17, 15) is 40.5 Å². The minimum absolute atomic E-state index is 0.0628. The Balaban J connectivity index is 1.87. The van der Waals surface area contributed by atoms with E-state index < -0.39 is 54.2 Å². The molecule has 1 aromatic heterocycles. The Morgan fingerprint density at radius 2 is 1.67 bits per heavy atom. The predicted molar refractivity (Wildman–Crippen MR) is 99.4 cm³/mol. The Bertz CT molecular complexity index is 1170. The number of hydrogen-bond acceptors (Lipinski definition) is 11. The molecule has 4 rings (SSSR count). The molecule has 0 radical (unpaired) electrons. The second-order valence-corrected chi connectivity index (χ2v) is 6.87. The average molecular weight is 422 g/mol. The van der Waals surface area contributed by atoms with Gasteiger partial charge in [0.25, 0.3) is 0 Å². The van der Waals surface area contributed by atoms with Crippen molar-refractivity contribution < 1.29 is 49.6 Å². The zero-order valence-corrected chi connectivity index (χ0v) is 15.2. The van der Waals surface area contributed by atoms with Crippen LogP contribution >= 0.6 is 0 Å². The van der Waals surface area contributed by atoms with Gasteiger partial charge in [-0.25, -0.2) is 0 Å². The van der Waals surface area contributed by atoms with Crippen LogP contribution in [0.4, 0.5) is 0 Å². The van der Waals surface area contributed by atoms with Gasteiger partial charge in [-0.3, -0.25) is 4.79 Å². The maximum atomic E-state index is 13.0. The number of benzene rings is 2. The van der Waals surface area contributed by atoms with E-state index >= 15 is 0 Å². The van der Waals surface area contributed by atoms with Gasteiger partial charge >= 0.3 is 0 Å². The van der Waals surface area contributed by atoms with Crippen molar-refractivity contribution in [3.8, 4) is 23.0 Å². The third-order valence-electron chi connectivity index (χ3n) is 4.93. The Kier molecular flexibility index (Phi) is 4.92. The molecule has 5 unspecified atom stereocenters. The van der Waals surface area contributed by atoms with Crippen LogP contribution in [0.3, 0.4) is 0 Å². The first-order chi connectivity index (χ1) is 14.2. The highest BCUT2D eigenvalue weighted by atomic mass is 16.7. The van der Waals surface area contributed by atoms with Gasteiger partial charge < -0.3 is 49.6 Å². The summed E-state index contributed by atoms with van der Waals surface area (Å²) in [5.41, 5.74) is -0.997. The highest BCUT2D eigenvalue weighted by Gasteiger charge is 2.45. The van der Waals surface area contributed by atoms with E-state index in [1.165, 1.54) is 6.07 Å². The number of aliphatic hydroxyl groups is 4. The molecule has 0 spiro atoms. The quantitative estimate of drug-likeness (QED) is 0.207. The van der Waals surface area contributed by atoms with Crippen molar-refractivity contribution in [2.45, 2.75) is 30.7 Å². The molecule has 160 valence electrons. The molecule has 1 fully saturated rings. The normalized spacial score (nSPS) is 26.9. The predicted octanol–water partition coefficient (Wildman–Crippen LogP) is -0.758. The molecule has 11 heteroatoms. The Morgan fingerprint density at radius 1 is 0.933 bits per heavy atom. The van der Waals surface area contributed by atoms with Crippen LogP contribution in [0.1, 0.15) is 0 Å². The molecule has 0 amide bonds. The Morgan fingerprint density at radius 3 is 2.37 bits per heavy atom. The zero-order valence-electron chi connectivity index (χ0n) is 15.2. The monoisotopic (exact) mass is 422 g/mol. The average Bonchev–Trinajstić information content (AvgIpc) is 2.70. The Hall–Kier alpha value is -3.09. The molecule has 1 aliphatic heterocycles. The fourth-order valence-corrected chi connectivity index (χ4v) is 3.37. The van der Waals surface area contributed by atoms with Crippen molar-refractivity contribution >= 4 is 21.9 Å². The summed E-state index contributed by atoms with van der Waals surface area (Å²) in [5.74, 6) is -1.96. The van der Waals surface area contributed by atoms with Gasteiger partial charge in [0.05, 0.1) is 6.61 Å². The molecule has 5 atom stereocenters. The summed E-state index contributed by atoms with van der Waals surface area (Å²) in [7, 11) is 0. The van der Waals surface area contributed by atoms with Gasteiger partial charge in [0.2, 0.25) is 11.7 Å². The van der Waals surface area contributed by atoms with Gasteiger partial charge in [0.15, 0.2) is 11.5 Å². The van der Waals surface area contributed by atoms with Crippen molar-refractivity contribution in [2.75, 3.05) is 6.61 Å². The number of phenols is 3. The molecule has 11 nitrogen and oxygen atoms in total. The summed E-state index contributed by atoms with van der Waals surface area (Å²) in [6.45, 7) is -0.689. The highest BCUT2D eigenvalue weighted by molar-refractivity contribution is 5.97. The summed E-state index contributed by atoms with van der Waals surface area (Å²) in [6, 6.07) is 4.53. The topological polar surface area (TPSA) is 190 Å². The lowest BCUT2D eigenvalue weighted by Crippen LogP contribution is -2.60. The van der Waals surface area contributed by atoms with Crippen LogP contribution in [-0.4, -0.2) is 73.1 Å². The summed E-state index contributed by atoms with van der Waals surface area (Å²) in [4.78, 5) is 13.0. The number of rotatable bonds is 3. The molecular weight excluding hydrogens is 404 g/mol. The maximum absolute atomic E-state index is 13.0. The Labute approximate surface area is 167 Å². The van der Waals surface area contributed by atoms with E-state index in [2.05, 4.69) is 0 Å². The smallest absolute Gasteiger partial charge is 0.229 e. The molecule has 0 bridgehead atoms. The van der Waals surface area contributed by atoms with Crippen LogP contribution in [0.25, 0.3) is 21.9 Å². The third-order valence-corrected chi connectivity index (χ3v) is 4.93. The molecule has 0 aliphatic carbocycles. The van der Waals surface area contributed by atoms with Gasteiger partial charge in [0, 0.05) is 12.1 Å². The largest absolute Gasteiger partial charge is 0.508 e. The number of aromatic hydroxyl groups is 3. The number of ether oxygens (including phenoxy) is 2. The first-order valence-electron chi connectivity index (χ1n) is 8.84. The van der Waals surface area contributed by atoms with E-state index in [0.29, 0.717) is 0 Å². The fourth-order valence-electron chi connectivity index (χ4n) is 3.37. The van der Waals surface area contributed by atoms with Crippen molar-refractivity contribution in [3.05, 3.63) is 34.5 Å². The van der Waals surface area contributed by atoms with Crippen molar-refractivity contribution in [1.82, 2.24) is 0 Å². The lowest BCUT2D eigenvalue weighted by Gasteiger charge is -2.39. The lowest BCUT2D eigenvalue weighted by molar-refractivity contribution is -0.277. The maximum Gasteiger partial charge on any atom is 0.229 e. The van der Waals surface area contributed by atoms with E-state index in [-0.39, 0.29) is 33.4 Å². The van der Waals surface area contributed by atoms with Gasteiger partial charge in [-0.2, -0.15) is 0 Å². The SMILES string of the molecule is O=c1c2c(OC3OC(CO)C(O)C(O)C3O)cc(O)cc2oc2ccc(O)c(O)c12. The van der Waals surface area contributed by atoms with Crippen LogP contribution in [0.5, 0.6) is 23.0 Å². The van der Waals surface area contributed by atoms with E-state index in [4.69, 9.17) is 13.9 Å². The van der Waals surface area contributed by atoms with Crippen molar-refractivity contribution in [2.24, 2.45) is 0 Å². The standard InChI is InChI=1S/C19H18O11/c20-5-11-15(24)17(26)18(27)19(30-11)29-10-4-6(21)3-9-12(10)16(25)13-8(28-9)2-1-7(22)14(13)23/h1-4,11,15,17-24,26-27H,5H2. The number of hydrogen-bond donors (Lipinski definition) is 7. The van der Waals surface area contributed by atoms with Gasteiger partial charge in [-0.1, -0.05) is 0 Å². The summed E-state index contributed by atoms with van der Waals surface area (Å²) in [5, 5.41) is 68.4. The molecule has 2 heterocycles. The second kappa shape index (κ2) is 7.31. The number of phenolic OH excluding ortho intramolecular Hbond substituents is 3. The van der Waals surface area contributed by atoms with E-state index in [1.807, 2.05) is 0 Å². The molecule has 1 saturated heterocycles. The van der Waals surface area contributed by atoms with Crippen molar-refractivity contribution in [1.29, 1.82) is 0 Å². The van der Waals surface area contributed by atoms with Crippen LogP contribution < -0.4 is 10.2 Å². The fraction of sp³-hybridized carbons (Fsp3) is 0.316. The summed E-state index contributed by atoms with van der Waals surface area (Å²) in [6.07, 6.45) is -7.97. The molecule has 2 aromatic carbocycles. The summed E-state index contributed by atoms with van der Waals surface area (Å²) >= 11 is 0. The molecular formula is C19H18O11. The van der Waals surface area contributed by atoms with Gasteiger partial charge in [-0.05, 0) is 12.1 Å². The minimum atomic E-state index is -1.76. The van der Waals surface area contributed by atoms with Crippen LogP contribution in [0, 0.1) is 0 Å². The van der Waals surface area contributed by atoms with Crippen LogP contribution in [0.15, 0.2) is 33.5 Å². The third kappa shape index (κ3) is 3.09. The lowest BCUT2D eigenvalue weighted by atomic mass is 9.99. The summed E-state index contributed by atoms with van der Waals surface area (Å²) < 4.78 is 16.3. The van der Waals surface area contributed by atoms with Gasteiger partial charge in [0.1, 0.15) is 57.9 Å². The minimum Gasteiger partial charge on any atom is -0.508 e. The highest BCUT2D eigenvalue weighted by Crippen LogP contribution is 2.37. The zero-order chi connectivity index (χ0) is 21.7. The molecule has 3 aromatic rings. The first-order valence-corrected chi connectivity index (χ1v) is 8.84.